The lowest BCUT2D eigenvalue weighted by atomic mass is 9.63. The second-order valence-electron chi connectivity index (χ2n) is 13.3. The van der Waals surface area contributed by atoms with Crippen LogP contribution in [0.1, 0.15) is 114 Å². The lowest BCUT2D eigenvalue weighted by Gasteiger charge is -2.41. The molecule has 0 heterocycles. The van der Waals surface area contributed by atoms with E-state index in [0.717, 1.165) is 41.4 Å². The highest BCUT2D eigenvalue weighted by atomic mass is 14.9. The van der Waals surface area contributed by atoms with Gasteiger partial charge in [-0.15, -0.1) is 0 Å². The lowest BCUT2D eigenvalue weighted by Crippen LogP contribution is -2.34. The van der Waals surface area contributed by atoms with Gasteiger partial charge in [0.15, 0.2) is 0 Å². The van der Waals surface area contributed by atoms with Gasteiger partial charge in [-0.2, -0.15) is 0 Å². The molecule has 0 heteroatoms. The maximum absolute atomic E-state index is 2.75. The fraction of sp³-hybridized carbons (Fsp3) is 0.931. The molecule has 0 aromatic heterocycles. The Morgan fingerprint density at radius 2 is 1.55 bits per heavy atom. The molecule has 4 aliphatic carbocycles. The smallest absolute Gasteiger partial charge is 0.0170 e. The third kappa shape index (κ3) is 2.96. The Labute approximate surface area is 182 Å². The van der Waals surface area contributed by atoms with Crippen molar-refractivity contribution in [2.45, 2.75) is 114 Å². The molecule has 0 amide bonds. The maximum Gasteiger partial charge on any atom is -0.0170 e. The van der Waals surface area contributed by atoms with Gasteiger partial charge in [-0.3, -0.25) is 0 Å². The van der Waals surface area contributed by atoms with Crippen LogP contribution in [-0.2, 0) is 0 Å². The van der Waals surface area contributed by atoms with E-state index in [1.165, 1.54) is 44.9 Å². The predicted octanol–water partition coefficient (Wildman–Crippen LogP) is 8.91. The molecule has 0 radical (unpaired) electrons. The van der Waals surface area contributed by atoms with Crippen LogP contribution in [-0.4, -0.2) is 0 Å². The zero-order valence-electron chi connectivity index (χ0n) is 21.2. The van der Waals surface area contributed by atoms with Crippen LogP contribution in [0.3, 0.4) is 0 Å². The zero-order valence-corrected chi connectivity index (χ0v) is 21.2. The first kappa shape index (κ1) is 22.0. The normalized spacial score (nSPS) is 53.2. The third-order valence-corrected chi connectivity index (χ3v) is 11.9. The van der Waals surface area contributed by atoms with Gasteiger partial charge in [-0.1, -0.05) is 73.0 Å². The van der Waals surface area contributed by atoms with E-state index in [4.69, 9.17) is 0 Å². The van der Waals surface area contributed by atoms with Gasteiger partial charge >= 0.3 is 0 Å². The summed E-state index contributed by atoms with van der Waals surface area (Å²) < 4.78 is 0. The second-order valence-corrected chi connectivity index (χ2v) is 13.3. The highest BCUT2D eigenvalue weighted by Crippen LogP contribution is 2.89. The van der Waals surface area contributed by atoms with Crippen LogP contribution in [0.25, 0.3) is 0 Å². The molecule has 9 unspecified atom stereocenters. The largest absolute Gasteiger partial charge is 0.0738 e. The molecular formula is C29H50. The van der Waals surface area contributed by atoms with Crippen LogP contribution in [0.2, 0.25) is 0 Å². The topological polar surface area (TPSA) is 0 Å². The van der Waals surface area contributed by atoms with Crippen molar-refractivity contribution in [1.29, 1.82) is 0 Å². The molecule has 9 atom stereocenters. The summed E-state index contributed by atoms with van der Waals surface area (Å²) in [4.78, 5) is 0. The van der Waals surface area contributed by atoms with Crippen LogP contribution in [0, 0.1) is 57.7 Å². The monoisotopic (exact) mass is 398 g/mol. The fourth-order valence-corrected chi connectivity index (χ4v) is 9.37. The van der Waals surface area contributed by atoms with Crippen molar-refractivity contribution in [3.05, 3.63) is 11.1 Å². The van der Waals surface area contributed by atoms with Gasteiger partial charge in [0.2, 0.25) is 0 Å². The second kappa shape index (κ2) is 7.13. The van der Waals surface area contributed by atoms with E-state index in [0.29, 0.717) is 16.2 Å². The van der Waals surface area contributed by atoms with Crippen molar-refractivity contribution >= 4 is 0 Å². The molecule has 3 fully saturated rings. The lowest BCUT2D eigenvalue weighted by molar-refractivity contribution is 0.0938. The SMILES string of the molecule is CC1=C(C(C)C)CC2(C)C(C)C3CCC(C)C(C)CC(C)C(C)CC34CC24CC1. The molecule has 3 saturated carbocycles. The highest BCUT2D eigenvalue weighted by Gasteiger charge is 2.82. The molecule has 0 aromatic rings. The summed E-state index contributed by atoms with van der Waals surface area (Å²) in [5.74, 6) is 6.16. The molecule has 0 saturated heterocycles. The van der Waals surface area contributed by atoms with E-state index < -0.39 is 0 Å². The van der Waals surface area contributed by atoms with Gasteiger partial charge in [0, 0.05) is 0 Å². The molecular weight excluding hydrogens is 348 g/mol. The predicted molar refractivity (Wildman–Crippen MR) is 127 cm³/mol. The summed E-state index contributed by atoms with van der Waals surface area (Å²) in [6.45, 7) is 23.1. The summed E-state index contributed by atoms with van der Waals surface area (Å²) >= 11 is 0. The summed E-state index contributed by atoms with van der Waals surface area (Å²) in [5, 5.41) is 0. The van der Waals surface area contributed by atoms with E-state index in [1.807, 2.05) is 5.57 Å². The van der Waals surface area contributed by atoms with E-state index >= 15 is 0 Å². The Bertz CT molecular complexity index is 670. The van der Waals surface area contributed by atoms with Crippen LogP contribution < -0.4 is 0 Å². The highest BCUT2D eigenvalue weighted by molar-refractivity contribution is 5.35. The van der Waals surface area contributed by atoms with E-state index in [-0.39, 0.29) is 0 Å². The quantitative estimate of drug-likeness (QED) is 0.387. The first-order chi connectivity index (χ1) is 13.5. The number of hydrogen-bond acceptors (Lipinski definition) is 0. The van der Waals surface area contributed by atoms with Crippen LogP contribution in [0.4, 0.5) is 0 Å². The van der Waals surface area contributed by atoms with Crippen molar-refractivity contribution in [2.75, 3.05) is 0 Å². The molecule has 0 N–H and O–H groups in total. The molecule has 0 aromatic carbocycles. The fourth-order valence-electron chi connectivity index (χ4n) is 9.37. The molecule has 2 spiro atoms. The van der Waals surface area contributed by atoms with Gasteiger partial charge < -0.3 is 0 Å². The molecule has 0 nitrogen and oxygen atoms in total. The standard InChI is InChI=1S/C29H50/c1-18(2)25-16-27(9)24(8)26-11-10-19(3)21(5)14-22(6)23(7)15-28(26)17-29(27,28)13-12-20(25)4/h18-19,21-24,26H,10-17H2,1-9H3. The van der Waals surface area contributed by atoms with E-state index in [1.54, 1.807) is 12.0 Å². The minimum Gasteiger partial charge on any atom is -0.0738 e. The first-order valence-corrected chi connectivity index (χ1v) is 13.2. The minimum absolute atomic E-state index is 0.529. The van der Waals surface area contributed by atoms with Crippen molar-refractivity contribution in [3.8, 4) is 0 Å². The van der Waals surface area contributed by atoms with Gasteiger partial charge in [-0.25, -0.2) is 0 Å². The van der Waals surface area contributed by atoms with Gasteiger partial charge in [0.1, 0.15) is 0 Å². The zero-order chi connectivity index (χ0) is 21.4. The van der Waals surface area contributed by atoms with Gasteiger partial charge in [0.05, 0.1) is 0 Å². The molecule has 166 valence electrons. The van der Waals surface area contributed by atoms with E-state index in [2.05, 4.69) is 62.3 Å². The summed E-state index contributed by atoms with van der Waals surface area (Å²) in [7, 11) is 0. The molecule has 29 heavy (non-hydrogen) atoms. The van der Waals surface area contributed by atoms with Gasteiger partial charge in [0.25, 0.3) is 0 Å². The van der Waals surface area contributed by atoms with Gasteiger partial charge in [-0.05, 0) is 110 Å². The Morgan fingerprint density at radius 1 is 0.897 bits per heavy atom. The molecule has 0 aliphatic heterocycles. The maximum atomic E-state index is 2.75. The van der Waals surface area contributed by atoms with Crippen molar-refractivity contribution in [1.82, 2.24) is 0 Å². The molecule has 0 bridgehead atoms. The minimum atomic E-state index is 0.529. The summed E-state index contributed by atoms with van der Waals surface area (Å²) in [6, 6.07) is 0. The van der Waals surface area contributed by atoms with Crippen molar-refractivity contribution in [2.24, 2.45) is 57.7 Å². The third-order valence-electron chi connectivity index (χ3n) is 11.9. The Morgan fingerprint density at radius 3 is 2.21 bits per heavy atom. The number of hydrogen-bond donors (Lipinski definition) is 0. The van der Waals surface area contributed by atoms with Crippen molar-refractivity contribution < 1.29 is 0 Å². The average molecular weight is 399 g/mol. The van der Waals surface area contributed by atoms with Crippen LogP contribution >= 0.6 is 0 Å². The summed E-state index contributed by atoms with van der Waals surface area (Å²) in [6.07, 6.45) is 11.8. The first-order valence-electron chi connectivity index (χ1n) is 13.2. The van der Waals surface area contributed by atoms with E-state index in [9.17, 15) is 0 Å². The number of rotatable bonds is 1. The Balaban J connectivity index is 1.74. The van der Waals surface area contributed by atoms with Crippen molar-refractivity contribution in [3.63, 3.8) is 0 Å². The molecule has 4 rings (SSSR count). The Hall–Kier alpha value is -0.260. The molecule has 4 aliphatic rings. The van der Waals surface area contributed by atoms with Crippen LogP contribution in [0.15, 0.2) is 11.1 Å². The summed E-state index contributed by atoms with van der Waals surface area (Å²) in [5.41, 5.74) is 5.41. The number of allylic oxidation sites excluding steroid dienone is 2. The average Bonchev–Trinajstić information content (AvgIpc) is 3.30. The van der Waals surface area contributed by atoms with Crippen LogP contribution in [0.5, 0.6) is 0 Å². The Kier molecular flexibility index (Phi) is 5.40.